The number of rotatable bonds is 3. The summed E-state index contributed by atoms with van der Waals surface area (Å²) in [5.41, 5.74) is -0.940. The summed E-state index contributed by atoms with van der Waals surface area (Å²) in [5.74, 6) is -1.37. The summed E-state index contributed by atoms with van der Waals surface area (Å²) < 4.78 is 0. The van der Waals surface area contributed by atoms with Gasteiger partial charge < -0.3 is 5.11 Å². The second-order valence-corrected chi connectivity index (χ2v) is 3.12. The highest BCUT2D eigenvalue weighted by Gasteiger charge is 2.15. The fourth-order valence-electron chi connectivity index (χ4n) is 1.21. The quantitative estimate of drug-likeness (QED) is 0.489. The number of nitro groups is 1. The second kappa shape index (κ2) is 5.23. The van der Waals surface area contributed by atoms with E-state index in [4.69, 9.17) is 15.6 Å². The molecule has 0 radical (unpaired) electrons. The molecular formula is C11H5N3O4. The van der Waals surface area contributed by atoms with Crippen molar-refractivity contribution in [1.82, 2.24) is 0 Å². The Kier molecular flexibility index (Phi) is 3.74. The van der Waals surface area contributed by atoms with Crippen molar-refractivity contribution < 1.29 is 14.8 Å². The number of nitrogens with zero attached hydrogens (tertiary/aromatic N) is 3. The van der Waals surface area contributed by atoms with Gasteiger partial charge in [-0.05, 0) is 17.7 Å². The van der Waals surface area contributed by atoms with Gasteiger partial charge in [0.2, 0.25) is 0 Å². The molecule has 1 aromatic carbocycles. The predicted octanol–water partition coefficient (Wildman–Crippen LogP) is 1.72. The Bertz CT molecular complexity index is 619. The second-order valence-electron chi connectivity index (χ2n) is 3.12. The van der Waals surface area contributed by atoms with Gasteiger partial charge in [0.25, 0.3) is 5.69 Å². The summed E-state index contributed by atoms with van der Waals surface area (Å²) in [6.45, 7) is 0. The van der Waals surface area contributed by atoms with Crippen LogP contribution < -0.4 is 0 Å². The number of benzene rings is 1. The fraction of sp³-hybridized carbons (Fsp3) is 0. The molecular weight excluding hydrogens is 238 g/mol. The minimum atomic E-state index is -1.37. The molecule has 0 amide bonds. The Labute approximate surface area is 101 Å². The van der Waals surface area contributed by atoms with Crippen LogP contribution in [-0.2, 0) is 0 Å². The van der Waals surface area contributed by atoms with Gasteiger partial charge in [-0.3, -0.25) is 10.1 Å². The molecule has 0 aromatic heterocycles. The standard InChI is InChI=1S/C11H5N3O4/c12-5-7(6-13)3-8-1-2-9(14(17)18)4-10(8)11(15)16/h1-4H,(H,15,16). The van der Waals surface area contributed by atoms with Gasteiger partial charge in [0.1, 0.15) is 17.7 Å². The van der Waals surface area contributed by atoms with Crippen molar-refractivity contribution >= 4 is 17.7 Å². The van der Waals surface area contributed by atoms with Gasteiger partial charge in [0, 0.05) is 12.1 Å². The van der Waals surface area contributed by atoms with E-state index in [0.717, 1.165) is 18.2 Å². The van der Waals surface area contributed by atoms with E-state index in [1.165, 1.54) is 6.07 Å². The first kappa shape index (κ1) is 12.9. The lowest BCUT2D eigenvalue weighted by Crippen LogP contribution is -2.01. The van der Waals surface area contributed by atoms with Gasteiger partial charge in [-0.25, -0.2) is 4.79 Å². The lowest BCUT2D eigenvalue weighted by molar-refractivity contribution is -0.384. The van der Waals surface area contributed by atoms with Gasteiger partial charge in [0.05, 0.1) is 10.5 Å². The minimum Gasteiger partial charge on any atom is -0.478 e. The molecule has 0 unspecified atom stereocenters. The van der Waals surface area contributed by atoms with Gasteiger partial charge in [-0.1, -0.05) is 0 Å². The van der Waals surface area contributed by atoms with E-state index in [9.17, 15) is 14.9 Å². The lowest BCUT2D eigenvalue weighted by Gasteiger charge is -2.00. The predicted molar refractivity (Wildman–Crippen MR) is 59.3 cm³/mol. The molecule has 0 fully saturated rings. The fourth-order valence-corrected chi connectivity index (χ4v) is 1.21. The van der Waals surface area contributed by atoms with Gasteiger partial charge in [0.15, 0.2) is 0 Å². The molecule has 0 aliphatic rings. The van der Waals surface area contributed by atoms with E-state index in [2.05, 4.69) is 0 Å². The molecule has 7 heteroatoms. The van der Waals surface area contributed by atoms with Gasteiger partial charge >= 0.3 is 5.97 Å². The van der Waals surface area contributed by atoms with Crippen LogP contribution in [0.4, 0.5) is 5.69 Å². The van der Waals surface area contributed by atoms with E-state index in [1.807, 2.05) is 0 Å². The number of hydrogen-bond donors (Lipinski definition) is 1. The summed E-state index contributed by atoms with van der Waals surface area (Å²) in [5, 5.41) is 36.6. The summed E-state index contributed by atoms with van der Waals surface area (Å²) in [6, 6.07) is 6.31. The summed E-state index contributed by atoms with van der Waals surface area (Å²) >= 11 is 0. The molecule has 0 spiro atoms. The molecule has 0 aliphatic carbocycles. The van der Waals surface area contributed by atoms with Gasteiger partial charge in [-0.2, -0.15) is 10.5 Å². The Morgan fingerprint density at radius 3 is 2.44 bits per heavy atom. The first-order chi connectivity index (χ1) is 8.49. The molecule has 0 saturated heterocycles. The van der Waals surface area contributed by atoms with Crippen LogP contribution in [-0.4, -0.2) is 16.0 Å². The average molecular weight is 243 g/mol. The Morgan fingerprint density at radius 2 is 2.00 bits per heavy atom. The number of aromatic carboxylic acids is 1. The zero-order valence-corrected chi connectivity index (χ0v) is 8.82. The largest absolute Gasteiger partial charge is 0.478 e. The van der Waals surface area contributed by atoms with Crippen molar-refractivity contribution in [1.29, 1.82) is 10.5 Å². The summed E-state index contributed by atoms with van der Waals surface area (Å²) in [6.07, 6.45) is 1.06. The molecule has 1 rings (SSSR count). The van der Waals surface area contributed by atoms with E-state index in [1.54, 1.807) is 12.1 Å². The number of non-ortho nitro benzene ring substituents is 1. The number of nitriles is 2. The first-order valence-corrected chi connectivity index (χ1v) is 4.53. The normalized spacial score (nSPS) is 8.78. The monoisotopic (exact) mass is 243 g/mol. The smallest absolute Gasteiger partial charge is 0.336 e. The first-order valence-electron chi connectivity index (χ1n) is 4.53. The van der Waals surface area contributed by atoms with Crippen LogP contribution in [0.2, 0.25) is 0 Å². The van der Waals surface area contributed by atoms with Crippen LogP contribution in [0.5, 0.6) is 0 Å². The Hall–Kier alpha value is -3.19. The Morgan fingerprint density at radius 1 is 1.39 bits per heavy atom. The highest BCUT2D eigenvalue weighted by Crippen LogP contribution is 2.20. The molecule has 1 N–H and O–H groups in total. The molecule has 0 aliphatic heterocycles. The highest BCUT2D eigenvalue weighted by atomic mass is 16.6. The van der Waals surface area contributed by atoms with Crippen LogP contribution in [0.15, 0.2) is 23.8 Å². The van der Waals surface area contributed by atoms with E-state index in [0.29, 0.717) is 0 Å². The maximum absolute atomic E-state index is 10.9. The SMILES string of the molecule is N#CC(C#N)=Cc1ccc([N+](=O)[O-])cc1C(=O)O. The number of allylic oxidation sites excluding steroid dienone is 1. The molecule has 0 bridgehead atoms. The Balaban J connectivity index is 3.44. The van der Waals surface area contributed by atoms with E-state index >= 15 is 0 Å². The van der Waals surface area contributed by atoms with Crippen molar-refractivity contribution in [3.8, 4) is 12.1 Å². The van der Waals surface area contributed by atoms with Crippen LogP contribution in [0, 0.1) is 32.8 Å². The summed E-state index contributed by atoms with van der Waals surface area (Å²) in [4.78, 5) is 20.7. The maximum atomic E-state index is 10.9. The molecule has 1 aromatic rings. The minimum absolute atomic E-state index is 0.0613. The van der Waals surface area contributed by atoms with Crippen LogP contribution in [0.25, 0.3) is 6.08 Å². The summed E-state index contributed by atoms with van der Waals surface area (Å²) in [7, 11) is 0. The third-order valence-electron chi connectivity index (χ3n) is 2.02. The molecule has 0 heterocycles. The average Bonchev–Trinajstić information content (AvgIpc) is 2.35. The van der Waals surface area contributed by atoms with Gasteiger partial charge in [-0.15, -0.1) is 0 Å². The van der Waals surface area contributed by atoms with Crippen molar-refractivity contribution in [3.63, 3.8) is 0 Å². The lowest BCUT2D eigenvalue weighted by atomic mass is 10.0. The number of carbonyl (C=O) groups is 1. The molecule has 18 heavy (non-hydrogen) atoms. The van der Waals surface area contributed by atoms with Crippen molar-refractivity contribution in [2.24, 2.45) is 0 Å². The topological polar surface area (TPSA) is 128 Å². The third kappa shape index (κ3) is 2.68. The molecule has 88 valence electrons. The number of hydrogen-bond acceptors (Lipinski definition) is 5. The maximum Gasteiger partial charge on any atom is 0.336 e. The van der Waals surface area contributed by atoms with Crippen molar-refractivity contribution in [2.45, 2.75) is 0 Å². The number of carboxylic acid groups (broad SMARTS) is 1. The highest BCUT2D eigenvalue weighted by molar-refractivity contribution is 5.93. The van der Waals surface area contributed by atoms with Crippen molar-refractivity contribution in [3.05, 3.63) is 45.0 Å². The zero-order valence-electron chi connectivity index (χ0n) is 8.82. The van der Waals surface area contributed by atoms with E-state index < -0.39 is 10.9 Å². The number of carboxylic acids is 1. The van der Waals surface area contributed by atoms with Crippen molar-refractivity contribution in [2.75, 3.05) is 0 Å². The van der Waals surface area contributed by atoms with Crippen LogP contribution >= 0.6 is 0 Å². The van der Waals surface area contributed by atoms with Crippen LogP contribution in [0.1, 0.15) is 15.9 Å². The molecule has 0 atom stereocenters. The molecule has 7 nitrogen and oxygen atoms in total. The van der Waals surface area contributed by atoms with E-state index in [-0.39, 0.29) is 22.4 Å². The third-order valence-corrected chi connectivity index (χ3v) is 2.02. The number of nitro benzene ring substituents is 1. The van der Waals surface area contributed by atoms with Crippen LogP contribution in [0.3, 0.4) is 0 Å². The molecule has 0 saturated carbocycles. The zero-order chi connectivity index (χ0) is 13.7.